The average Bonchev–Trinajstić information content (AvgIpc) is 3.12. The van der Waals surface area contributed by atoms with Crippen LogP contribution in [0.25, 0.3) is 0 Å². The van der Waals surface area contributed by atoms with Crippen LogP contribution in [-0.2, 0) is 25.0 Å². The second-order valence-corrected chi connectivity index (χ2v) is 8.84. The van der Waals surface area contributed by atoms with Crippen LogP contribution in [0.2, 0.25) is 0 Å². The van der Waals surface area contributed by atoms with Crippen molar-refractivity contribution in [1.29, 1.82) is 0 Å². The smallest absolute Gasteiger partial charge is 0.333 e. The summed E-state index contributed by atoms with van der Waals surface area (Å²) in [5.41, 5.74) is -0.0638. The van der Waals surface area contributed by atoms with E-state index in [1.165, 1.54) is 38.2 Å². The Bertz CT molecular complexity index is 1110. The number of benzene rings is 1. The Balaban J connectivity index is 2.06. The minimum absolute atomic E-state index is 0.0594. The van der Waals surface area contributed by atoms with E-state index in [0.717, 1.165) is 12.3 Å². The van der Waals surface area contributed by atoms with Gasteiger partial charge in [0.1, 0.15) is 16.6 Å². The molecule has 0 spiro atoms. The Hall–Kier alpha value is -2.77. The molecule has 152 valence electrons. The predicted octanol–water partition coefficient (Wildman–Crippen LogP) is 0.338. The van der Waals surface area contributed by atoms with Crippen LogP contribution >= 0.6 is 0 Å². The fourth-order valence-electron chi connectivity index (χ4n) is 2.10. The van der Waals surface area contributed by atoms with Crippen LogP contribution in [0.1, 0.15) is 17.4 Å². The lowest BCUT2D eigenvalue weighted by Crippen LogP contribution is -2.41. The predicted molar refractivity (Wildman–Crippen MR) is 97.3 cm³/mol. The molecule has 4 N–H and O–H groups in total. The summed E-state index contributed by atoms with van der Waals surface area (Å²) in [4.78, 5) is 25.8. The molecule has 2 amide bonds. The molecule has 10 nitrogen and oxygen atoms in total. The fraction of sp³-hybridized carbons (Fsp3) is 0.200. The van der Waals surface area contributed by atoms with E-state index in [-0.39, 0.29) is 16.3 Å². The highest BCUT2D eigenvalue weighted by molar-refractivity contribution is 7.89. The number of hydrogen-bond donors (Lipinski definition) is 4. The van der Waals surface area contributed by atoms with Gasteiger partial charge >= 0.3 is 10.2 Å². The third-order valence-corrected chi connectivity index (χ3v) is 5.81. The molecule has 1 unspecified atom stereocenters. The molecule has 1 aromatic heterocycles. The van der Waals surface area contributed by atoms with E-state index < -0.39 is 43.0 Å². The normalized spacial score (nSPS) is 13.0. The highest BCUT2D eigenvalue weighted by Gasteiger charge is 2.21. The van der Waals surface area contributed by atoms with Crippen molar-refractivity contribution in [3.8, 4) is 0 Å². The number of carbonyl (C=O) groups is 2. The minimum atomic E-state index is -4.96. The number of hydrogen-bond acceptors (Lipinski definition) is 6. The van der Waals surface area contributed by atoms with Crippen molar-refractivity contribution in [3.63, 3.8) is 0 Å². The molecule has 0 aliphatic rings. The molecule has 13 heteroatoms. The summed E-state index contributed by atoms with van der Waals surface area (Å²) in [5, 5.41) is 4.76. The second kappa shape index (κ2) is 8.08. The zero-order chi connectivity index (χ0) is 21.1. The molecule has 2 rings (SSSR count). The molecule has 2 aromatic rings. The summed E-state index contributed by atoms with van der Waals surface area (Å²) >= 11 is 0. The zero-order valence-electron chi connectivity index (χ0n) is 14.7. The number of amides is 2. The molecule has 0 aliphatic heterocycles. The maximum absolute atomic E-state index is 12.9. The van der Waals surface area contributed by atoms with Gasteiger partial charge in [0, 0.05) is 11.9 Å². The molecule has 0 radical (unpaired) electrons. The zero-order valence-corrected chi connectivity index (χ0v) is 16.3. The first kappa shape index (κ1) is 21.5. The van der Waals surface area contributed by atoms with E-state index in [9.17, 15) is 30.3 Å². The van der Waals surface area contributed by atoms with Gasteiger partial charge in [0.2, 0.25) is 15.9 Å². The summed E-state index contributed by atoms with van der Waals surface area (Å²) in [6.45, 7) is 1.36. The quantitative estimate of drug-likeness (QED) is 0.463. The van der Waals surface area contributed by atoms with Crippen molar-refractivity contribution in [2.24, 2.45) is 0 Å². The topological polar surface area (TPSA) is 154 Å². The lowest BCUT2D eigenvalue weighted by Gasteiger charge is -2.14. The molecular formula is C15H17FN4O6S2. The Morgan fingerprint density at radius 2 is 1.79 bits per heavy atom. The lowest BCUT2D eigenvalue weighted by atomic mass is 10.2. The SMILES string of the molecule is CNS(=O)(=O)c1cccc(NC(=O)C(C)NC(=O)c2cc(S(=O)(=O)F)c[nH]2)c1. The van der Waals surface area contributed by atoms with Gasteiger partial charge in [0.15, 0.2) is 0 Å². The number of rotatable bonds is 7. The number of aromatic amines is 1. The van der Waals surface area contributed by atoms with E-state index in [4.69, 9.17) is 0 Å². The number of carbonyl (C=O) groups excluding carboxylic acids is 2. The van der Waals surface area contributed by atoms with Gasteiger partial charge in [-0.25, -0.2) is 13.1 Å². The fourth-order valence-corrected chi connectivity index (χ4v) is 3.33. The van der Waals surface area contributed by atoms with Gasteiger partial charge in [0.05, 0.1) is 4.90 Å². The summed E-state index contributed by atoms with van der Waals surface area (Å²) in [5.74, 6) is -1.48. The first-order chi connectivity index (χ1) is 12.9. The van der Waals surface area contributed by atoms with E-state index in [2.05, 4.69) is 20.3 Å². The number of halogens is 1. The number of aromatic nitrogens is 1. The van der Waals surface area contributed by atoms with Crippen LogP contribution in [0.15, 0.2) is 46.3 Å². The van der Waals surface area contributed by atoms with Crippen molar-refractivity contribution < 1.29 is 30.3 Å². The molecule has 0 fully saturated rings. The standard InChI is InChI=1S/C15H17FN4O6S2/c1-9(19-15(22)13-7-12(8-18-13)27(16,23)24)14(21)20-10-4-3-5-11(6-10)28(25,26)17-2/h3-9,17-18H,1-2H3,(H,19,22)(H,20,21). The maximum Gasteiger partial charge on any atom is 0.333 e. The van der Waals surface area contributed by atoms with Crippen molar-refractivity contribution in [2.45, 2.75) is 22.8 Å². The lowest BCUT2D eigenvalue weighted by molar-refractivity contribution is -0.117. The molecule has 28 heavy (non-hydrogen) atoms. The van der Waals surface area contributed by atoms with Gasteiger partial charge in [-0.05, 0) is 38.2 Å². The molecule has 0 bridgehead atoms. The average molecular weight is 432 g/mol. The number of H-pyrrole nitrogens is 1. The highest BCUT2D eigenvalue weighted by atomic mass is 32.3. The van der Waals surface area contributed by atoms with Gasteiger partial charge in [0.25, 0.3) is 5.91 Å². The van der Waals surface area contributed by atoms with Crippen molar-refractivity contribution in [3.05, 3.63) is 42.2 Å². The van der Waals surface area contributed by atoms with Gasteiger partial charge < -0.3 is 15.6 Å². The van der Waals surface area contributed by atoms with Crippen LogP contribution in [0.4, 0.5) is 9.57 Å². The summed E-state index contributed by atoms with van der Waals surface area (Å²) < 4.78 is 60.2. The molecule has 0 saturated carbocycles. The van der Waals surface area contributed by atoms with E-state index in [1.807, 2.05) is 0 Å². The van der Waals surface area contributed by atoms with E-state index in [0.29, 0.717) is 0 Å². The molecule has 1 heterocycles. The van der Waals surface area contributed by atoms with Gasteiger partial charge in [-0.3, -0.25) is 9.59 Å². The van der Waals surface area contributed by atoms with Gasteiger partial charge in [-0.15, -0.1) is 3.89 Å². The van der Waals surface area contributed by atoms with Crippen LogP contribution < -0.4 is 15.4 Å². The molecule has 0 saturated heterocycles. The Morgan fingerprint density at radius 1 is 1.11 bits per heavy atom. The van der Waals surface area contributed by atoms with E-state index in [1.54, 1.807) is 0 Å². The van der Waals surface area contributed by atoms with Crippen LogP contribution in [-0.4, -0.2) is 46.7 Å². The molecule has 0 aliphatic carbocycles. The highest BCUT2D eigenvalue weighted by Crippen LogP contribution is 2.16. The number of nitrogens with one attached hydrogen (secondary N) is 4. The summed E-state index contributed by atoms with van der Waals surface area (Å²) in [6.07, 6.45) is 0.808. The maximum atomic E-state index is 12.9. The summed E-state index contributed by atoms with van der Waals surface area (Å²) in [7, 11) is -7.41. The van der Waals surface area contributed by atoms with Crippen LogP contribution in [0, 0.1) is 0 Å². The van der Waals surface area contributed by atoms with Crippen molar-refractivity contribution in [1.82, 2.24) is 15.0 Å². The molecular weight excluding hydrogens is 415 g/mol. The number of sulfonamides is 1. The van der Waals surface area contributed by atoms with Crippen molar-refractivity contribution in [2.75, 3.05) is 12.4 Å². The Kier molecular flexibility index (Phi) is 6.21. The van der Waals surface area contributed by atoms with E-state index >= 15 is 0 Å². The largest absolute Gasteiger partial charge is 0.356 e. The summed E-state index contributed by atoms with van der Waals surface area (Å²) in [6, 6.07) is 5.20. The Labute approximate surface area is 160 Å². The Morgan fingerprint density at radius 3 is 2.36 bits per heavy atom. The van der Waals surface area contributed by atoms with Gasteiger partial charge in [-0.2, -0.15) is 8.42 Å². The third-order valence-electron chi connectivity index (χ3n) is 3.60. The first-order valence-electron chi connectivity index (χ1n) is 7.72. The monoisotopic (exact) mass is 432 g/mol. The second-order valence-electron chi connectivity index (χ2n) is 5.61. The molecule has 1 aromatic carbocycles. The van der Waals surface area contributed by atoms with Gasteiger partial charge in [-0.1, -0.05) is 6.07 Å². The van der Waals surface area contributed by atoms with Crippen LogP contribution in [0.3, 0.4) is 0 Å². The third kappa shape index (κ3) is 5.15. The number of anilines is 1. The van der Waals surface area contributed by atoms with Crippen LogP contribution in [0.5, 0.6) is 0 Å². The van der Waals surface area contributed by atoms with Crippen molar-refractivity contribution >= 4 is 37.7 Å². The minimum Gasteiger partial charge on any atom is -0.356 e. The molecule has 1 atom stereocenters. The first-order valence-corrected chi connectivity index (χ1v) is 10.6.